The molecular weight excluding hydrogens is 340 g/mol. The lowest BCUT2D eigenvalue weighted by molar-refractivity contribution is 0.0997. The lowest BCUT2D eigenvalue weighted by atomic mass is 10.1. The second kappa shape index (κ2) is 6.91. The number of carbonyl (C=O) groups is 1. The van der Waals surface area contributed by atoms with Crippen LogP contribution in [-0.2, 0) is 6.54 Å². The highest BCUT2D eigenvalue weighted by Gasteiger charge is 2.11. The molecule has 124 valence electrons. The van der Waals surface area contributed by atoms with E-state index in [1.165, 1.54) is 11.3 Å². The normalized spacial score (nSPS) is 12.1. The Bertz CT molecular complexity index is 985. The van der Waals surface area contributed by atoms with Gasteiger partial charge in [0.1, 0.15) is 0 Å². The van der Waals surface area contributed by atoms with E-state index in [-0.39, 0.29) is 5.91 Å². The number of benzene rings is 2. The van der Waals surface area contributed by atoms with Gasteiger partial charge < -0.3 is 4.57 Å². The number of aryl methyl sites for hydroxylation is 3. The third kappa shape index (κ3) is 3.30. The first-order valence-corrected chi connectivity index (χ1v) is 9.14. The van der Waals surface area contributed by atoms with Crippen LogP contribution < -0.4 is 4.80 Å². The van der Waals surface area contributed by atoms with E-state index in [0.29, 0.717) is 10.6 Å². The van der Waals surface area contributed by atoms with Gasteiger partial charge in [0.15, 0.2) is 4.80 Å². The van der Waals surface area contributed by atoms with Crippen LogP contribution in [0.25, 0.3) is 10.2 Å². The molecule has 0 N–H and O–H groups in total. The summed E-state index contributed by atoms with van der Waals surface area (Å²) < 4.78 is 3.14. The van der Waals surface area contributed by atoms with Crippen LogP contribution in [0.2, 0.25) is 5.02 Å². The average molecular weight is 359 g/mol. The highest BCUT2D eigenvalue weighted by atomic mass is 35.5. The van der Waals surface area contributed by atoms with Gasteiger partial charge in [0.2, 0.25) is 0 Å². The summed E-state index contributed by atoms with van der Waals surface area (Å²) in [6.45, 7) is 6.85. The number of carbonyl (C=O) groups excluding carboxylic acids is 1. The molecule has 0 aliphatic carbocycles. The third-order valence-electron chi connectivity index (χ3n) is 3.91. The minimum Gasteiger partial charge on any atom is -0.316 e. The quantitative estimate of drug-likeness (QED) is 0.639. The number of fused-ring (bicyclic) bond motifs is 1. The molecule has 3 rings (SSSR count). The fraction of sp³-hybridized carbons (Fsp3) is 0.263. The van der Waals surface area contributed by atoms with Gasteiger partial charge in [-0.3, -0.25) is 4.79 Å². The molecule has 2 aromatic carbocycles. The topological polar surface area (TPSA) is 34.4 Å². The summed E-state index contributed by atoms with van der Waals surface area (Å²) >= 11 is 7.60. The summed E-state index contributed by atoms with van der Waals surface area (Å²) in [6.07, 6.45) is 0.972. The minimum absolute atomic E-state index is 0.196. The van der Waals surface area contributed by atoms with Gasteiger partial charge in [0, 0.05) is 17.1 Å². The van der Waals surface area contributed by atoms with Crippen molar-refractivity contribution in [3.05, 3.63) is 62.9 Å². The van der Waals surface area contributed by atoms with E-state index >= 15 is 0 Å². The molecule has 1 aromatic heterocycles. The van der Waals surface area contributed by atoms with E-state index in [2.05, 4.69) is 16.5 Å². The van der Waals surface area contributed by atoms with E-state index in [1.54, 1.807) is 0 Å². The van der Waals surface area contributed by atoms with Gasteiger partial charge in [-0.25, -0.2) is 0 Å². The van der Waals surface area contributed by atoms with E-state index < -0.39 is 0 Å². The molecule has 0 unspecified atom stereocenters. The van der Waals surface area contributed by atoms with Crippen molar-refractivity contribution in [2.75, 3.05) is 0 Å². The number of hydrogen-bond donors (Lipinski definition) is 0. The molecule has 0 fully saturated rings. The maximum atomic E-state index is 12.7. The van der Waals surface area contributed by atoms with Gasteiger partial charge in [-0.15, -0.1) is 0 Å². The van der Waals surface area contributed by atoms with Crippen LogP contribution >= 0.6 is 22.9 Å². The lowest BCUT2D eigenvalue weighted by Gasteiger charge is -2.04. The van der Waals surface area contributed by atoms with Gasteiger partial charge in [0.25, 0.3) is 5.91 Å². The Morgan fingerprint density at radius 1 is 1.21 bits per heavy atom. The number of amides is 1. The Labute approximate surface area is 150 Å². The van der Waals surface area contributed by atoms with Crippen LogP contribution in [0.15, 0.2) is 41.4 Å². The first-order valence-electron chi connectivity index (χ1n) is 7.95. The molecule has 0 saturated heterocycles. The van der Waals surface area contributed by atoms with Gasteiger partial charge in [-0.1, -0.05) is 47.6 Å². The van der Waals surface area contributed by atoms with E-state index in [9.17, 15) is 4.79 Å². The monoisotopic (exact) mass is 358 g/mol. The van der Waals surface area contributed by atoms with Crippen molar-refractivity contribution < 1.29 is 4.79 Å². The first-order chi connectivity index (χ1) is 11.5. The van der Waals surface area contributed by atoms with Crippen molar-refractivity contribution in [3.63, 3.8) is 0 Å². The summed E-state index contributed by atoms with van der Waals surface area (Å²) in [4.78, 5) is 17.8. The molecule has 24 heavy (non-hydrogen) atoms. The highest BCUT2D eigenvalue weighted by molar-refractivity contribution is 7.16. The summed E-state index contributed by atoms with van der Waals surface area (Å²) in [6, 6.07) is 11.7. The molecule has 0 aliphatic heterocycles. The Kier molecular flexibility index (Phi) is 4.88. The van der Waals surface area contributed by atoms with Gasteiger partial charge >= 0.3 is 0 Å². The molecule has 3 aromatic rings. The van der Waals surface area contributed by atoms with Crippen molar-refractivity contribution in [1.29, 1.82) is 0 Å². The van der Waals surface area contributed by atoms with Gasteiger partial charge in [-0.05, 0) is 50.1 Å². The van der Waals surface area contributed by atoms with Crippen LogP contribution in [0.4, 0.5) is 0 Å². The van der Waals surface area contributed by atoms with Gasteiger partial charge in [-0.2, -0.15) is 4.99 Å². The van der Waals surface area contributed by atoms with Crippen molar-refractivity contribution in [2.24, 2.45) is 4.99 Å². The highest BCUT2D eigenvalue weighted by Crippen LogP contribution is 2.22. The maximum Gasteiger partial charge on any atom is 0.279 e. The molecule has 0 atom stereocenters. The fourth-order valence-corrected chi connectivity index (χ4v) is 4.02. The molecule has 0 bridgehead atoms. The first kappa shape index (κ1) is 16.9. The van der Waals surface area contributed by atoms with Crippen LogP contribution in [0.3, 0.4) is 0 Å². The van der Waals surface area contributed by atoms with E-state index in [1.807, 2.05) is 50.2 Å². The molecule has 1 amide bonds. The summed E-state index contributed by atoms with van der Waals surface area (Å²) in [7, 11) is 0. The Hall–Kier alpha value is -1.91. The molecule has 5 heteroatoms. The van der Waals surface area contributed by atoms with Crippen molar-refractivity contribution in [1.82, 2.24) is 4.57 Å². The largest absolute Gasteiger partial charge is 0.316 e. The lowest BCUT2D eigenvalue weighted by Crippen LogP contribution is -2.17. The summed E-state index contributed by atoms with van der Waals surface area (Å²) in [5.41, 5.74) is 3.73. The summed E-state index contributed by atoms with van der Waals surface area (Å²) in [5, 5.41) is 0.694. The standard InChI is InChI=1S/C19H19ClN2OS/c1-4-9-22-16-8-7-14(20)11-17(16)24-19(22)21-18(23)15-10-12(2)5-6-13(15)3/h5-8,10-11H,4,9H2,1-3H3. The molecular formula is C19H19ClN2OS. The summed E-state index contributed by atoms with van der Waals surface area (Å²) in [5.74, 6) is -0.196. The average Bonchev–Trinajstić information content (AvgIpc) is 2.86. The van der Waals surface area contributed by atoms with E-state index in [0.717, 1.165) is 39.1 Å². The van der Waals surface area contributed by atoms with Crippen LogP contribution in [0.1, 0.15) is 34.8 Å². The number of thiazole rings is 1. The zero-order valence-corrected chi connectivity index (χ0v) is 15.5. The molecule has 0 radical (unpaired) electrons. The number of rotatable bonds is 3. The third-order valence-corrected chi connectivity index (χ3v) is 5.19. The van der Waals surface area contributed by atoms with Gasteiger partial charge in [0.05, 0.1) is 10.2 Å². The number of aromatic nitrogens is 1. The maximum absolute atomic E-state index is 12.7. The van der Waals surface area contributed by atoms with Crippen LogP contribution in [0, 0.1) is 13.8 Å². The number of nitrogens with zero attached hydrogens (tertiary/aromatic N) is 2. The molecule has 0 saturated carbocycles. The zero-order valence-electron chi connectivity index (χ0n) is 14.0. The number of hydrogen-bond acceptors (Lipinski definition) is 2. The van der Waals surface area contributed by atoms with Crippen LogP contribution in [-0.4, -0.2) is 10.5 Å². The number of halogens is 1. The predicted octanol–water partition coefficient (Wildman–Crippen LogP) is 5.12. The second-order valence-electron chi connectivity index (χ2n) is 5.88. The van der Waals surface area contributed by atoms with Crippen molar-refractivity contribution in [2.45, 2.75) is 33.7 Å². The van der Waals surface area contributed by atoms with Crippen LogP contribution in [0.5, 0.6) is 0 Å². The smallest absolute Gasteiger partial charge is 0.279 e. The van der Waals surface area contributed by atoms with Crippen molar-refractivity contribution in [3.8, 4) is 0 Å². The Balaban J connectivity index is 2.16. The fourth-order valence-electron chi connectivity index (χ4n) is 2.69. The predicted molar refractivity (Wildman–Crippen MR) is 101 cm³/mol. The van der Waals surface area contributed by atoms with Crippen molar-refractivity contribution >= 4 is 39.1 Å². The molecule has 0 spiro atoms. The Morgan fingerprint density at radius 3 is 2.75 bits per heavy atom. The Morgan fingerprint density at radius 2 is 2.00 bits per heavy atom. The van der Waals surface area contributed by atoms with E-state index in [4.69, 9.17) is 11.6 Å². The minimum atomic E-state index is -0.196. The molecule has 1 heterocycles. The second-order valence-corrected chi connectivity index (χ2v) is 7.33. The SMILES string of the molecule is CCCn1c(=NC(=O)c2cc(C)ccc2C)sc2cc(Cl)ccc21. The molecule has 0 aliphatic rings. The molecule has 3 nitrogen and oxygen atoms in total. The zero-order chi connectivity index (χ0) is 17.3.